The van der Waals surface area contributed by atoms with E-state index < -0.39 is 29.2 Å². The number of nitro benzene ring substituents is 1. The van der Waals surface area contributed by atoms with Gasteiger partial charge in [0.2, 0.25) is 0 Å². The molecule has 0 saturated heterocycles. The highest BCUT2D eigenvalue weighted by molar-refractivity contribution is 5.74. The summed E-state index contributed by atoms with van der Waals surface area (Å²) in [5, 5.41) is 10.3. The molecule has 0 N–H and O–H groups in total. The lowest BCUT2D eigenvalue weighted by molar-refractivity contribution is -0.384. The van der Waals surface area contributed by atoms with Crippen molar-refractivity contribution >= 4 is 11.7 Å². The van der Waals surface area contributed by atoms with Crippen LogP contribution in [-0.4, -0.2) is 10.9 Å². The average Bonchev–Trinajstić information content (AvgIpc) is 2.29. The fourth-order valence-corrected chi connectivity index (χ4v) is 0.997. The number of hydrogen-bond acceptors (Lipinski definition) is 4. The van der Waals surface area contributed by atoms with Crippen molar-refractivity contribution < 1.29 is 27.6 Å². The summed E-state index contributed by atoms with van der Waals surface area (Å²) < 4.78 is 40.3. The molecule has 0 unspecified atom stereocenters. The first-order valence-corrected chi connectivity index (χ1v) is 4.55. The minimum absolute atomic E-state index is 0.0994. The molecule has 0 aliphatic rings. The quantitative estimate of drug-likeness (QED) is 0.361. The van der Waals surface area contributed by atoms with E-state index in [1.54, 1.807) is 0 Å². The van der Waals surface area contributed by atoms with E-state index in [9.17, 15) is 28.1 Å². The van der Waals surface area contributed by atoms with Crippen LogP contribution in [0.25, 0.3) is 0 Å². The number of carbonyl (C=O) groups excluding carboxylic acids is 1. The Bertz CT molecular complexity index is 494. The predicted molar refractivity (Wildman–Crippen MR) is 53.7 cm³/mol. The first-order chi connectivity index (χ1) is 8.40. The topological polar surface area (TPSA) is 69.4 Å². The molecule has 18 heavy (non-hydrogen) atoms. The molecule has 0 aliphatic carbocycles. The van der Waals surface area contributed by atoms with Crippen molar-refractivity contribution in [3.05, 3.63) is 46.3 Å². The molecule has 1 aromatic rings. The van der Waals surface area contributed by atoms with Crippen molar-refractivity contribution in [2.75, 3.05) is 0 Å². The molecule has 0 aromatic heterocycles. The number of carbonyl (C=O) groups is 1. The van der Waals surface area contributed by atoms with Crippen molar-refractivity contribution in [1.82, 2.24) is 0 Å². The highest BCUT2D eigenvalue weighted by Crippen LogP contribution is 2.19. The van der Waals surface area contributed by atoms with Crippen LogP contribution in [-0.2, 0) is 4.79 Å². The molecule has 1 rings (SSSR count). The first-order valence-electron chi connectivity index (χ1n) is 4.55. The van der Waals surface area contributed by atoms with Gasteiger partial charge in [0.15, 0.2) is 5.83 Å². The number of halogens is 3. The third-order valence-corrected chi connectivity index (χ3v) is 1.78. The highest BCUT2D eigenvalue weighted by Gasteiger charge is 2.14. The molecule has 0 aliphatic heterocycles. The number of benzene rings is 1. The molecule has 0 saturated carbocycles. The first kappa shape index (κ1) is 13.7. The zero-order chi connectivity index (χ0) is 13.7. The van der Waals surface area contributed by atoms with E-state index in [0.717, 1.165) is 24.3 Å². The monoisotopic (exact) mass is 261 g/mol. The Morgan fingerprint density at radius 1 is 1.22 bits per heavy atom. The van der Waals surface area contributed by atoms with Crippen LogP contribution in [0.1, 0.15) is 6.42 Å². The SMILES string of the molecule is O=C(CC(F)=C(F)F)Oc1ccc([N+](=O)[O-])cc1. The van der Waals surface area contributed by atoms with Gasteiger partial charge in [-0.1, -0.05) is 0 Å². The molecule has 5 nitrogen and oxygen atoms in total. The van der Waals surface area contributed by atoms with Crippen LogP contribution >= 0.6 is 0 Å². The maximum Gasteiger partial charge on any atom is 0.318 e. The number of rotatable bonds is 4. The molecule has 0 spiro atoms. The van der Waals surface area contributed by atoms with Crippen molar-refractivity contribution in [3.63, 3.8) is 0 Å². The minimum Gasteiger partial charge on any atom is -0.426 e. The van der Waals surface area contributed by atoms with Crippen LogP contribution in [0, 0.1) is 10.1 Å². The standard InChI is InChI=1S/C10H6F3NO4/c11-8(10(12)13)5-9(15)18-7-3-1-6(2-4-7)14(16)17/h1-4H,5H2. The Morgan fingerprint density at radius 2 is 1.78 bits per heavy atom. The second kappa shape index (κ2) is 5.80. The van der Waals surface area contributed by atoms with Gasteiger partial charge in [-0.2, -0.15) is 8.78 Å². The fourth-order valence-electron chi connectivity index (χ4n) is 0.997. The Labute approximate surface area is 98.6 Å². The summed E-state index contributed by atoms with van der Waals surface area (Å²) in [7, 11) is 0. The van der Waals surface area contributed by atoms with Crippen LogP contribution in [0.3, 0.4) is 0 Å². The van der Waals surface area contributed by atoms with Gasteiger partial charge < -0.3 is 4.74 Å². The second-order valence-corrected chi connectivity index (χ2v) is 3.07. The number of ether oxygens (including phenoxy) is 1. The van der Waals surface area contributed by atoms with Gasteiger partial charge in [-0.25, -0.2) is 4.39 Å². The van der Waals surface area contributed by atoms with Gasteiger partial charge in [0.1, 0.15) is 12.2 Å². The van der Waals surface area contributed by atoms with Crippen LogP contribution in [0.4, 0.5) is 18.9 Å². The predicted octanol–water partition coefficient (Wildman–Crippen LogP) is 2.97. The van der Waals surface area contributed by atoms with Crippen molar-refractivity contribution in [2.24, 2.45) is 0 Å². The van der Waals surface area contributed by atoms with E-state index >= 15 is 0 Å². The van der Waals surface area contributed by atoms with Gasteiger partial charge in [-0.3, -0.25) is 14.9 Å². The average molecular weight is 261 g/mol. The summed E-state index contributed by atoms with van der Waals surface area (Å²) in [6.07, 6.45) is -3.78. The molecule has 8 heteroatoms. The van der Waals surface area contributed by atoms with E-state index in [-0.39, 0.29) is 11.4 Å². The van der Waals surface area contributed by atoms with Gasteiger partial charge in [0, 0.05) is 12.1 Å². The number of nitrogens with zero attached hydrogens (tertiary/aromatic N) is 1. The summed E-state index contributed by atoms with van der Waals surface area (Å²) in [6.45, 7) is 0. The van der Waals surface area contributed by atoms with Crippen molar-refractivity contribution in [1.29, 1.82) is 0 Å². The molecule has 0 fully saturated rings. The normalized spacial score (nSPS) is 9.72. The molecular weight excluding hydrogens is 255 g/mol. The smallest absolute Gasteiger partial charge is 0.318 e. The van der Waals surface area contributed by atoms with Gasteiger partial charge in [0.25, 0.3) is 5.69 Å². The lowest BCUT2D eigenvalue weighted by atomic mass is 10.3. The summed E-state index contributed by atoms with van der Waals surface area (Å²) in [5.74, 6) is -3.20. The van der Waals surface area contributed by atoms with Gasteiger partial charge >= 0.3 is 12.0 Å². The molecule has 0 atom stereocenters. The number of non-ortho nitro benzene ring substituents is 1. The molecule has 0 heterocycles. The number of hydrogen-bond donors (Lipinski definition) is 0. The van der Waals surface area contributed by atoms with Crippen LogP contribution in [0.15, 0.2) is 36.2 Å². The van der Waals surface area contributed by atoms with Crippen molar-refractivity contribution in [2.45, 2.75) is 6.42 Å². The maximum atomic E-state index is 12.4. The molecule has 1 aromatic carbocycles. The Hall–Kier alpha value is -2.38. The molecule has 0 bridgehead atoms. The van der Waals surface area contributed by atoms with E-state index in [1.165, 1.54) is 0 Å². The fraction of sp³-hybridized carbons (Fsp3) is 0.100. The van der Waals surface area contributed by atoms with E-state index in [0.29, 0.717) is 0 Å². The van der Waals surface area contributed by atoms with Gasteiger partial charge in [-0.15, -0.1) is 0 Å². The van der Waals surface area contributed by atoms with Crippen molar-refractivity contribution in [3.8, 4) is 5.75 Å². The van der Waals surface area contributed by atoms with Crippen LogP contribution < -0.4 is 4.74 Å². The van der Waals surface area contributed by atoms with Crippen LogP contribution in [0.2, 0.25) is 0 Å². The van der Waals surface area contributed by atoms with E-state index in [1.807, 2.05) is 0 Å². The highest BCUT2D eigenvalue weighted by atomic mass is 19.3. The molecular formula is C10H6F3NO4. The maximum absolute atomic E-state index is 12.4. The largest absolute Gasteiger partial charge is 0.426 e. The number of esters is 1. The third kappa shape index (κ3) is 3.89. The molecule has 0 radical (unpaired) electrons. The van der Waals surface area contributed by atoms with Crippen LogP contribution in [0.5, 0.6) is 5.75 Å². The zero-order valence-corrected chi connectivity index (χ0v) is 8.73. The second-order valence-electron chi connectivity index (χ2n) is 3.07. The van der Waals surface area contributed by atoms with E-state index in [4.69, 9.17) is 0 Å². The van der Waals surface area contributed by atoms with Gasteiger partial charge in [-0.05, 0) is 12.1 Å². The van der Waals surface area contributed by atoms with Gasteiger partial charge in [0.05, 0.1) is 4.92 Å². The zero-order valence-electron chi connectivity index (χ0n) is 8.73. The Kier molecular flexibility index (Phi) is 4.41. The minimum atomic E-state index is -2.59. The summed E-state index contributed by atoms with van der Waals surface area (Å²) in [6, 6.07) is 4.32. The summed E-state index contributed by atoms with van der Waals surface area (Å²) >= 11 is 0. The Balaban J connectivity index is 2.66. The van der Waals surface area contributed by atoms with E-state index in [2.05, 4.69) is 4.74 Å². The summed E-state index contributed by atoms with van der Waals surface area (Å²) in [4.78, 5) is 20.6. The number of nitro groups is 1. The third-order valence-electron chi connectivity index (χ3n) is 1.78. The summed E-state index contributed by atoms with van der Waals surface area (Å²) in [5.41, 5.74) is -0.226. The lowest BCUT2D eigenvalue weighted by Gasteiger charge is -2.02. The Morgan fingerprint density at radius 3 is 2.22 bits per heavy atom. The lowest BCUT2D eigenvalue weighted by Crippen LogP contribution is -2.08. The molecule has 96 valence electrons. The molecule has 0 amide bonds.